The molecule has 0 aromatic heterocycles. The SMILES string of the molecule is Cc1cc(C)c(C(O)C(C)NCCC(=O)O)c(C)c1. The van der Waals surface area contributed by atoms with Crippen molar-refractivity contribution in [1.82, 2.24) is 5.32 Å². The molecule has 0 saturated carbocycles. The lowest BCUT2D eigenvalue weighted by molar-refractivity contribution is -0.136. The quantitative estimate of drug-likeness (QED) is 0.736. The number of hydrogen-bond acceptors (Lipinski definition) is 3. The van der Waals surface area contributed by atoms with Crippen molar-refractivity contribution in [2.24, 2.45) is 0 Å². The number of aliphatic hydroxyl groups excluding tert-OH is 1. The number of aliphatic carboxylic acids is 1. The van der Waals surface area contributed by atoms with Crippen LogP contribution in [0.2, 0.25) is 0 Å². The van der Waals surface area contributed by atoms with Gasteiger partial charge in [0.2, 0.25) is 0 Å². The number of aryl methyl sites for hydroxylation is 3. The predicted molar refractivity (Wildman–Crippen MR) is 75.3 cm³/mol. The van der Waals surface area contributed by atoms with Crippen molar-refractivity contribution in [3.63, 3.8) is 0 Å². The van der Waals surface area contributed by atoms with Gasteiger partial charge < -0.3 is 15.5 Å². The van der Waals surface area contributed by atoms with Gasteiger partial charge in [-0.25, -0.2) is 0 Å². The topological polar surface area (TPSA) is 69.6 Å². The molecule has 2 unspecified atom stereocenters. The summed E-state index contributed by atoms with van der Waals surface area (Å²) in [5, 5.41) is 22.0. The summed E-state index contributed by atoms with van der Waals surface area (Å²) in [4.78, 5) is 10.5. The highest BCUT2D eigenvalue weighted by Crippen LogP contribution is 2.25. The summed E-state index contributed by atoms with van der Waals surface area (Å²) in [7, 11) is 0. The minimum absolute atomic E-state index is 0.0585. The van der Waals surface area contributed by atoms with E-state index in [4.69, 9.17) is 5.11 Å². The van der Waals surface area contributed by atoms with Crippen molar-refractivity contribution in [2.45, 2.75) is 46.3 Å². The van der Waals surface area contributed by atoms with Crippen LogP contribution >= 0.6 is 0 Å². The first-order chi connectivity index (χ1) is 8.82. The molecule has 0 aliphatic heterocycles. The van der Waals surface area contributed by atoms with Crippen molar-refractivity contribution < 1.29 is 15.0 Å². The van der Waals surface area contributed by atoms with Crippen LogP contribution in [0.4, 0.5) is 0 Å². The molecule has 1 aromatic rings. The van der Waals surface area contributed by atoms with Crippen LogP contribution in [0.3, 0.4) is 0 Å². The van der Waals surface area contributed by atoms with Crippen LogP contribution in [0.1, 0.15) is 41.7 Å². The Kier molecular flexibility index (Phi) is 5.51. The molecule has 0 aliphatic rings. The van der Waals surface area contributed by atoms with Crippen LogP contribution in [-0.4, -0.2) is 28.8 Å². The Bertz CT molecular complexity index is 434. The molecule has 0 radical (unpaired) electrons. The number of benzene rings is 1. The minimum atomic E-state index is -0.836. The molecule has 0 heterocycles. The van der Waals surface area contributed by atoms with Crippen LogP contribution in [0.25, 0.3) is 0 Å². The summed E-state index contributed by atoms with van der Waals surface area (Å²) in [5.74, 6) is -0.836. The molecule has 2 atom stereocenters. The predicted octanol–water partition coefficient (Wildman–Crippen LogP) is 2.10. The molecule has 0 spiro atoms. The van der Waals surface area contributed by atoms with Gasteiger partial charge in [-0.2, -0.15) is 0 Å². The Morgan fingerprint density at radius 1 is 1.26 bits per heavy atom. The monoisotopic (exact) mass is 265 g/mol. The molecule has 4 heteroatoms. The van der Waals surface area contributed by atoms with Gasteiger partial charge in [0.25, 0.3) is 0 Å². The summed E-state index contributed by atoms with van der Waals surface area (Å²) < 4.78 is 0. The second-order valence-corrected chi connectivity index (χ2v) is 5.14. The van der Waals surface area contributed by atoms with E-state index < -0.39 is 12.1 Å². The largest absolute Gasteiger partial charge is 0.481 e. The fourth-order valence-electron chi connectivity index (χ4n) is 2.43. The standard InChI is InChI=1S/C15H23NO3/c1-9-7-10(2)14(11(3)8-9)15(19)12(4)16-6-5-13(17)18/h7-8,12,15-16,19H,5-6H2,1-4H3,(H,17,18). The minimum Gasteiger partial charge on any atom is -0.481 e. The molecule has 0 aliphatic carbocycles. The van der Waals surface area contributed by atoms with Crippen molar-refractivity contribution >= 4 is 5.97 Å². The molecule has 1 rings (SSSR count). The summed E-state index contributed by atoms with van der Waals surface area (Å²) in [6, 6.07) is 3.92. The fraction of sp³-hybridized carbons (Fsp3) is 0.533. The molecule has 3 N–H and O–H groups in total. The number of aliphatic hydroxyl groups is 1. The van der Waals surface area contributed by atoms with Crippen molar-refractivity contribution in [3.05, 3.63) is 34.4 Å². The maximum Gasteiger partial charge on any atom is 0.304 e. The maximum absolute atomic E-state index is 10.5. The van der Waals surface area contributed by atoms with Crippen molar-refractivity contribution in [2.75, 3.05) is 6.54 Å². The first kappa shape index (κ1) is 15.7. The number of carboxylic acid groups (broad SMARTS) is 1. The van der Waals surface area contributed by atoms with Crippen LogP contribution in [-0.2, 0) is 4.79 Å². The van der Waals surface area contributed by atoms with Gasteiger partial charge in [-0.3, -0.25) is 4.79 Å². The van der Waals surface area contributed by atoms with Crippen LogP contribution in [0.5, 0.6) is 0 Å². The van der Waals surface area contributed by atoms with E-state index in [0.29, 0.717) is 6.54 Å². The van der Waals surface area contributed by atoms with Gasteiger partial charge in [-0.1, -0.05) is 17.7 Å². The van der Waals surface area contributed by atoms with Gasteiger partial charge in [0.05, 0.1) is 12.5 Å². The molecular formula is C15H23NO3. The van der Waals surface area contributed by atoms with E-state index in [1.807, 2.05) is 27.7 Å². The van der Waals surface area contributed by atoms with Gasteiger partial charge >= 0.3 is 5.97 Å². The number of hydrogen-bond donors (Lipinski definition) is 3. The molecular weight excluding hydrogens is 242 g/mol. The van der Waals surface area contributed by atoms with E-state index in [-0.39, 0.29) is 12.5 Å². The maximum atomic E-state index is 10.5. The first-order valence-electron chi connectivity index (χ1n) is 6.54. The molecule has 4 nitrogen and oxygen atoms in total. The lowest BCUT2D eigenvalue weighted by atomic mass is 9.92. The zero-order valence-electron chi connectivity index (χ0n) is 12.0. The van der Waals surface area contributed by atoms with Gasteiger partial charge in [0.15, 0.2) is 0 Å². The highest BCUT2D eigenvalue weighted by Gasteiger charge is 2.20. The van der Waals surface area contributed by atoms with Crippen molar-refractivity contribution in [1.29, 1.82) is 0 Å². The molecule has 0 amide bonds. The Labute approximate surface area is 114 Å². The third-order valence-corrected chi connectivity index (χ3v) is 3.31. The van der Waals surface area contributed by atoms with Gasteiger partial charge in [-0.15, -0.1) is 0 Å². The molecule has 0 saturated heterocycles. The molecule has 19 heavy (non-hydrogen) atoms. The third kappa shape index (κ3) is 4.33. The smallest absolute Gasteiger partial charge is 0.304 e. The average molecular weight is 265 g/mol. The summed E-state index contributed by atoms with van der Waals surface area (Å²) in [5.41, 5.74) is 4.24. The highest BCUT2D eigenvalue weighted by molar-refractivity contribution is 5.66. The van der Waals surface area contributed by atoms with E-state index in [9.17, 15) is 9.90 Å². The van der Waals surface area contributed by atoms with Crippen LogP contribution in [0, 0.1) is 20.8 Å². The normalized spacial score (nSPS) is 14.2. The Morgan fingerprint density at radius 3 is 2.26 bits per heavy atom. The van der Waals surface area contributed by atoms with Crippen LogP contribution < -0.4 is 5.32 Å². The Hall–Kier alpha value is -1.39. The molecule has 106 valence electrons. The number of carboxylic acids is 1. The van der Waals surface area contributed by atoms with E-state index in [1.165, 1.54) is 5.56 Å². The second-order valence-electron chi connectivity index (χ2n) is 5.14. The third-order valence-electron chi connectivity index (χ3n) is 3.31. The average Bonchev–Trinajstić information content (AvgIpc) is 2.26. The molecule has 0 bridgehead atoms. The van der Waals surface area contributed by atoms with Gasteiger partial charge in [0, 0.05) is 12.6 Å². The Morgan fingerprint density at radius 2 is 1.79 bits per heavy atom. The summed E-state index contributed by atoms with van der Waals surface area (Å²) >= 11 is 0. The highest BCUT2D eigenvalue weighted by atomic mass is 16.4. The Balaban J connectivity index is 2.76. The molecule has 0 fully saturated rings. The van der Waals surface area contributed by atoms with Gasteiger partial charge in [-0.05, 0) is 44.4 Å². The van der Waals surface area contributed by atoms with E-state index in [1.54, 1.807) is 0 Å². The molecule has 1 aromatic carbocycles. The number of nitrogens with one attached hydrogen (secondary N) is 1. The van der Waals surface area contributed by atoms with Gasteiger partial charge in [0.1, 0.15) is 0 Å². The first-order valence-corrected chi connectivity index (χ1v) is 6.54. The lowest BCUT2D eigenvalue weighted by Gasteiger charge is -2.24. The van der Waals surface area contributed by atoms with E-state index in [0.717, 1.165) is 16.7 Å². The lowest BCUT2D eigenvalue weighted by Crippen LogP contribution is -2.34. The van der Waals surface area contributed by atoms with Crippen molar-refractivity contribution in [3.8, 4) is 0 Å². The zero-order valence-corrected chi connectivity index (χ0v) is 12.0. The van der Waals surface area contributed by atoms with E-state index in [2.05, 4.69) is 17.4 Å². The zero-order chi connectivity index (χ0) is 14.6. The second kappa shape index (κ2) is 6.68. The van der Waals surface area contributed by atoms with Crippen LogP contribution in [0.15, 0.2) is 12.1 Å². The number of carbonyl (C=O) groups is 1. The summed E-state index contributed by atoms with van der Waals surface area (Å²) in [6.07, 6.45) is -0.572. The fourth-order valence-corrected chi connectivity index (χ4v) is 2.43. The van der Waals surface area contributed by atoms with E-state index >= 15 is 0 Å². The summed E-state index contributed by atoms with van der Waals surface area (Å²) in [6.45, 7) is 8.23. The number of rotatable bonds is 6.